The predicted molar refractivity (Wildman–Crippen MR) is 115 cm³/mol. The van der Waals surface area contributed by atoms with Crippen molar-refractivity contribution < 1.29 is 4.79 Å². The number of rotatable bonds is 7. The molecule has 1 atom stereocenters. The van der Waals surface area contributed by atoms with Gasteiger partial charge in [-0.25, -0.2) is 0 Å². The van der Waals surface area contributed by atoms with E-state index < -0.39 is 0 Å². The lowest BCUT2D eigenvalue weighted by Crippen LogP contribution is -2.31. The number of aromatic nitrogens is 2. The number of nitrogens with one attached hydrogen (secondary N) is 1. The fourth-order valence-electron chi connectivity index (χ4n) is 3.20. The number of benzene rings is 2. The highest BCUT2D eigenvalue weighted by Crippen LogP contribution is 2.39. The molecule has 4 rings (SSSR count). The number of hydrogen-bond acceptors (Lipinski definition) is 6. The molecule has 1 aliphatic rings. The van der Waals surface area contributed by atoms with Gasteiger partial charge in [-0.15, -0.1) is 10.2 Å². The quantitative estimate of drug-likeness (QED) is 0.577. The summed E-state index contributed by atoms with van der Waals surface area (Å²) < 4.78 is 0.803. The summed E-state index contributed by atoms with van der Waals surface area (Å²) in [5.41, 5.74) is 2.21. The number of hydrogen-bond donors (Lipinski definition) is 1. The summed E-state index contributed by atoms with van der Waals surface area (Å²) in [5.74, 6) is 0.169. The van der Waals surface area contributed by atoms with Crippen molar-refractivity contribution in [1.82, 2.24) is 15.1 Å². The second-order valence-corrected chi connectivity index (χ2v) is 8.98. The molecule has 0 spiro atoms. The van der Waals surface area contributed by atoms with E-state index in [1.165, 1.54) is 28.7 Å². The Kier molecular flexibility index (Phi) is 6.24. The van der Waals surface area contributed by atoms with E-state index in [2.05, 4.69) is 27.6 Å². The van der Waals surface area contributed by atoms with Gasteiger partial charge < -0.3 is 10.2 Å². The van der Waals surface area contributed by atoms with Crippen LogP contribution in [0.3, 0.4) is 0 Å². The van der Waals surface area contributed by atoms with E-state index in [-0.39, 0.29) is 11.2 Å². The molecule has 0 unspecified atom stereocenters. The summed E-state index contributed by atoms with van der Waals surface area (Å²) in [6, 6.07) is 20.2. The van der Waals surface area contributed by atoms with Crippen LogP contribution in [0.5, 0.6) is 0 Å². The van der Waals surface area contributed by atoms with Crippen molar-refractivity contribution >= 4 is 34.1 Å². The van der Waals surface area contributed by atoms with Crippen LogP contribution in [0.4, 0.5) is 5.13 Å². The van der Waals surface area contributed by atoms with Crippen LogP contribution in [-0.2, 0) is 11.3 Å². The molecule has 2 aromatic carbocycles. The maximum Gasteiger partial charge on any atom is 0.240 e. The number of thioether (sulfide) groups is 1. The molecule has 144 valence electrons. The van der Waals surface area contributed by atoms with Gasteiger partial charge in [0.2, 0.25) is 11.0 Å². The molecule has 3 aromatic rings. The Balaban J connectivity index is 1.46. The number of anilines is 1. The van der Waals surface area contributed by atoms with E-state index in [0.717, 1.165) is 41.0 Å². The third kappa shape index (κ3) is 4.72. The lowest BCUT2D eigenvalue weighted by Gasteiger charge is -2.22. The van der Waals surface area contributed by atoms with Crippen molar-refractivity contribution in [2.45, 2.75) is 29.0 Å². The van der Waals surface area contributed by atoms with Crippen LogP contribution in [0.25, 0.3) is 0 Å². The highest BCUT2D eigenvalue weighted by Gasteiger charge is 2.29. The molecule has 1 fully saturated rings. The molecule has 7 heteroatoms. The van der Waals surface area contributed by atoms with Crippen LogP contribution < -0.4 is 5.32 Å². The van der Waals surface area contributed by atoms with Gasteiger partial charge in [0.15, 0.2) is 4.34 Å². The van der Waals surface area contributed by atoms with Gasteiger partial charge in [-0.3, -0.25) is 4.79 Å². The van der Waals surface area contributed by atoms with Crippen LogP contribution in [0.1, 0.15) is 29.2 Å². The van der Waals surface area contributed by atoms with Gasteiger partial charge in [0, 0.05) is 19.6 Å². The maximum atomic E-state index is 13.1. The topological polar surface area (TPSA) is 58.1 Å². The van der Waals surface area contributed by atoms with Gasteiger partial charge in [-0.05, 0) is 24.0 Å². The van der Waals surface area contributed by atoms with Crippen LogP contribution in [0, 0.1) is 0 Å². The van der Waals surface area contributed by atoms with Gasteiger partial charge in [0.05, 0.1) is 0 Å². The fraction of sp³-hybridized carbons (Fsp3) is 0.286. The van der Waals surface area contributed by atoms with Crippen molar-refractivity contribution in [3.05, 3.63) is 71.8 Å². The summed E-state index contributed by atoms with van der Waals surface area (Å²) in [4.78, 5) is 15.1. The van der Waals surface area contributed by atoms with Crippen LogP contribution >= 0.6 is 23.1 Å². The predicted octanol–water partition coefficient (Wildman–Crippen LogP) is 4.61. The Bertz CT molecular complexity index is 895. The van der Waals surface area contributed by atoms with Gasteiger partial charge in [-0.2, -0.15) is 0 Å². The van der Waals surface area contributed by atoms with Crippen molar-refractivity contribution in [2.24, 2.45) is 0 Å². The molecule has 1 N–H and O–H groups in total. The monoisotopic (exact) mass is 410 g/mol. The zero-order valence-corrected chi connectivity index (χ0v) is 17.1. The highest BCUT2D eigenvalue weighted by molar-refractivity contribution is 8.01. The molecule has 0 aliphatic carbocycles. The fourth-order valence-corrected chi connectivity index (χ4v) is 5.22. The molecular formula is C21H22N4OS2. The molecule has 2 heterocycles. The lowest BCUT2D eigenvalue weighted by atomic mass is 10.1. The number of carbonyl (C=O) groups excluding carboxylic acids is 1. The Labute approximate surface area is 173 Å². The van der Waals surface area contributed by atoms with E-state index >= 15 is 0 Å². The summed E-state index contributed by atoms with van der Waals surface area (Å²) in [7, 11) is 0. The largest absolute Gasteiger partial charge is 0.356 e. The number of nitrogens with zero attached hydrogens (tertiary/aromatic N) is 3. The Morgan fingerprint density at radius 1 is 1.04 bits per heavy atom. The smallest absolute Gasteiger partial charge is 0.240 e. The van der Waals surface area contributed by atoms with Crippen molar-refractivity contribution in [2.75, 3.05) is 18.4 Å². The first-order valence-electron chi connectivity index (χ1n) is 9.41. The molecule has 1 saturated heterocycles. The minimum atomic E-state index is -0.283. The van der Waals surface area contributed by atoms with Gasteiger partial charge in [-0.1, -0.05) is 83.8 Å². The van der Waals surface area contributed by atoms with Crippen LogP contribution in [-0.4, -0.2) is 34.1 Å². The Morgan fingerprint density at radius 3 is 2.43 bits per heavy atom. The SMILES string of the molecule is O=C([C@H](Sc1nnc(NCc2ccccc2)s1)c1ccccc1)N1CCCC1. The molecule has 0 saturated carbocycles. The third-order valence-electron chi connectivity index (χ3n) is 4.66. The van der Waals surface area contributed by atoms with E-state index in [0.29, 0.717) is 6.54 Å². The van der Waals surface area contributed by atoms with E-state index in [1.54, 1.807) is 0 Å². The Hall–Kier alpha value is -2.38. The first-order chi connectivity index (χ1) is 13.8. The van der Waals surface area contributed by atoms with Crippen LogP contribution in [0.2, 0.25) is 0 Å². The van der Waals surface area contributed by atoms with Crippen molar-refractivity contribution in [3.63, 3.8) is 0 Å². The molecule has 0 bridgehead atoms. The summed E-state index contributed by atoms with van der Waals surface area (Å²) in [6.07, 6.45) is 2.18. The summed E-state index contributed by atoms with van der Waals surface area (Å²) >= 11 is 2.99. The zero-order valence-electron chi connectivity index (χ0n) is 15.5. The van der Waals surface area contributed by atoms with E-state index in [9.17, 15) is 4.79 Å². The number of carbonyl (C=O) groups is 1. The Morgan fingerprint density at radius 2 is 1.71 bits per heavy atom. The molecule has 28 heavy (non-hydrogen) atoms. The maximum absolute atomic E-state index is 13.1. The number of amides is 1. The van der Waals surface area contributed by atoms with Crippen molar-refractivity contribution in [1.29, 1.82) is 0 Å². The first kappa shape index (κ1) is 19.0. The standard InChI is InChI=1S/C21H22N4OS2/c26-19(25-13-7-8-14-25)18(17-11-5-2-6-12-17)27-21-24-23-20(28-21)22-15-16-9-3-1-4-10-16/h1-6,9-12,18H,7-8,13-15H2,(H,22,23)/t18-/m1/s1. The van der Waals surface area contributed by atoms with Crippen molar-refractivity contribution in [3.8, 4) is 0 Å². The van der Waals surface area contributed by atoms with Gasteiger partial charge in [0.25, 0.3) is 0 Å². The third-order valence-corrected chi connectivity index (χ3v) is 6.86. The second kappa shape index (κ2) is 9.21. The average molecular weight is 411 g/mol. The minimum absolute atomic E-state index is 0.169. The second-order valence-electron chi connectivity index (χ2n) is 6.65. The van der Waals surface area contributed by atoms with E-state index in [4.69, 9.17) is 0 Å². The van der Waals surface area contributed by atoms with E-state index in [1.807, 2.05) is 53.4 Å². The lowest BCUT2D eigenvalue weighted by molar-refractivity contribution is -0.129. The molecule has 1 amide bonds. The highest BCUT2D eigenvalue weighted by atomic mass is 32.2. The molecule has 1 aliphatic heterocycles. The van der Waals surface area contributed by atoms with Crippen LogP contribution in [0.15, 0.2) is 65.0 Å². The summed E-state index contributed by atoms with van der Waals surface area (Å²) in [5, 5.41) is 12.3. The summed E-state index contributed by atoms with van der Waals surface area (Å²) in [6.45, 7) is 2.40. The normalized spacial score (nSPS) is 14.8. The molecular weight excluding hydrogens is 388 g/mol. The first-order valence-corrected chi connectivity index (χ1v) is 11.1. The van der Waals surface area contributed by atoms with Gasteiger partial charge in [0.1, 0.15) is 5.25 Å². The average Bonchev–Trinajstić information content (AvgIpc) is 3.44. The molecule has 1 aromatic heterocycles. The molecule has 5 nitrogen and oxygen atoms in total. The molecule has 0 radical (unpaired) electrons. The zero-order chi connectivity index (χ0) is 19.2. The van der Waals surface area contributed by atoms with Gasteiger partial charge >= 0.3 is 0 Å². The minimum Gasteiger partial charge on any atom is -0.356 e. The number of likely N-dealkylation sites (tertiary alicyclic amines) is 1.